The quantitative estimate of drug-likeness (QED) is 0.104. The highest BCUT2D eigenvalue weighted by molar-refractivity contribution is 6.29. The number of nitrogens with zero attached hydrogens (tertiary/aromatic N) is 2. The van der Waals surface area contributed by atoms with Gasteiger partial charge in [0.2, 0.25) is 0 Å². The van der Waals surface area contributed by atoms with Crippen LogP contribution in [0.1, 0.15) is 5.56 Å². The fourth-order valence-corrected chi connectivity index (χ4v) is 3.13. The summed E-state index contributed by atoms with van der Waals surface area (Å²) in [6, 6.07) is 17.4. The fourth-order valence-electron chi connectivity index (χ4n) is 3.13. The van der Waals surface area contributed by atoms with Crippen LogP contribution in [-0.2, 0) is 9.59 Å². The minimum absolute atomic E-state index is 0.131. The second kappa shape index (κ2) is 11.7. The molecule has 0 heterocycles. The summed E-state index contributed by atoms with van der Waals surface area (Å²) in [4.78, 5) is 47.8. The molecule has 0 aliphatic heterocycles. The largest absolute Gasteiger partial charge is 0.489 e. The highest BCUT2D eigenvalue weighted by atomic mass is 16.6. The zero-order valence-corrected chi connectivity index (χ0v) is 18.7. The second-order valence-electron chi connectivity index (χ2n) is 7.15. The van der Waals surface area contributed by atoms with Gasteiger partial charge in [-0.15, -0.1) is 0 Å². The maximum absolute atomic E-state index is 13.2. The van der Waals surface area contributed by atoms with Crippen LogP contribution in [0.5, 0.6) is 5.75 Å². The zero-order chi connectivity index (χ0) is 26.1. The van der Waals surface area contributed by atoms with Crippen molar-refractivity contribution < 1.29 is 24.2 Å². The van der Waals surface area contributed by atoms with Crippen LogP contribution < -0.4 is 15.4 Å². The molecule has 3 aromatic carbocycles. The van der Waals surface area contributed by atoms with Crippen molar-refractivity contribution >= 4 is 40.6 Å². The lowest BCUT2D eigenvalue weighted by Crippen LogP contribution is -2.26. The van der Waals surface area contributed by atoms with E-state index in [1.807, 2.05) is 0 Å². The van der Waals surface area contributed by atoms with Crippen LogP contribution >= 0.6 is 0 Å². The third-order valence-corrected chi connectivity index (χ3v) is 4.76. The molecule has 0 bridgehead atoms. The van der Waals surface area contributed by atoms with E-state index in [1.165, 1.54) is 60.7 Å². The molecule has 11 nitrogen and oxygen atoms in total. The Bertz CT molecular complexity index is 1290. The molecule has 2 amide bonds. The van der Waals surface area contributed by atoms with Crippen molar-refractivity contribution in [3.05, 3.63) is 117 Å². The smallest absolute Gasteiger partial charge is 0.292 e. The molecular weight excluding hydrogens is 468 g/mol. The van der Waals surface area contributed by atoms with E-state index in [0.29, 0.717) is 11.3 Å². The summed E-state index contributed by atoms with van der Waals surface area (Å²) in [7, 11) is 0. The third kappa shape index (κ3) is 6.17. The fraction of sp³-hybridized carbons (Fsp3) is 0.0400. The van der Waals surface area contributed by atoms with Gasteiger partial charge in [-0.2, -0.15) is 0 Å². The van der Waals surface area contributed by atoms with Crippen LogP contribution in [0.2, 0.25) is 0 Å². The molecule has 0 atom stereocenters. The van der Waals surface area contributed by atoms with Crippen molar-refractivity contribution in [2.45, 2.75) is 0 Å². The predicted octanol–water partition coefficient (Wildman–Crippen LogP) is 4.73. The van der Waals surface area contributed by atoms with E-state index in [0.717, 1.165) is 0 Å². The lowest BCUT2D eigenvalue weighted by Gasteiger charge is -2.12. The Labute approximate surface area is 205 Å². The van der Waals surface area contributed by atoms with E-state index in [-0.39, 0.29) is 29.4 Å². The number of rotatable bonds is 10. The van der Waals surface area contributed by atoms with E-state index < -0.39 is 27.2 Å². The van der Waals surface area contributed by atoms with Gasteiger partial charge in [-0.05, 0) is 24.3 Å². The van der Waals surface area contributed by atoms with Crippen LogP contribution in [0.4, 0.5) is 22.7 Å². The Morgan fingerprint density at radius 2 is 1.28 bits per heavy atom. The highest BCUT2D eigenvalue weighted by Gasteiger charge is 2.24. The molecule has 3 aromatic rings. The maximum atomic E-state index is 13.2. The topological polar surface area (TPSA) is 154 Å². The van der Waals surface area contributed by atoms with Crippen LogP contribution in [0, 0.1) is 20.2 Å². The maximum Gasteiger partial charge on any atom is 0.292 e. The first-order valence-corrected chi connectivity index (χ1v) is 10.5. The van der Waals surface area contributed by atoms with Crippen LogP contribution in [0.3, 0.4) is 0 Å². The molecule has 36 heavy (non-hydrogen) atoms. The SMILES string of the molecule is C=CCOc1ccccc1C=C(C(=O)Nc1ccccc1[N+](=O)[O-])C(=O)Nc1ccccc1[N+](=O)[O-]. The Kier molecular flexibility index (Phi) is 8.22. The Morgan fingerprint density at radius 1 is 0.806 bits per heavy atom. The lowest BCUT2D eigenvalue weighted by atomic mass is 10.1. The molecule has 3 rings (SSSR count). The average molecular weight is 488 g/mol. The summed E-state index contributed by atoms with van der Waals surface area (Å²) >= 11 is 0. The zero-order valence-electron chi connectivity index (χ0n) is 18.7. The first kappa shape index (κ1) is 25.3. The summed E-state index contributed by atoms with van der Waals surface area (Å²) in [5, 5.41) is 27.5. The standard InChI is InChI=1S/C25H20N4O7/c1-2-15-36-23-14-8-3-9-17(23)16-18(24(30)26-19-10-4-6-12-21(19)28(32)33)25(31)27-20-11-5-7-13-22(20)29(34)35/h2-14,16H,1,15H2,(H,26,30)(H,27,31). The van der Waals surface area contributed by atoms with Crippen LogP contribution in [0.25, 0.3) is 6.08 Å². The molecule has 0 saturated carbocycles. The first-order valence-electron chi connectivity index (χ1n) is 10.5. The van der Waals surface area contributed by atoms with Gasteiger partial charge in [-0.25, -0.2) is 0 Å². The number of anilines is 2. The number of para-hydroxylation sites is 5. The number of ether oxygens (including phenoxy) is 1. The van der Waals surface area contributed by atoms with E-state index >= 15 is 0 Å². The highest BCUT2D eigenvalue weighted by Crippen LogP contribution is 2.27. The van der Waals surface area contributed by atoms with Crippen molar-refractivity contribution in [1.82, 2.24) is 0 Å². The molecule has 0 aromatic heterocycles. The Balaban J connectivity index is 2.05. The molecule has 0 saturated heterocycles. The van der Waals surface area contributed by atoms with Crippen molar-refractivity contribution in [3.8, 4) is 5.75 Å². The van der Waals surface area contributed by atoms with Gasteiger partial charge in [-0.3, -0.25) is 29.8 Å². The van der Waals surface area contributed by atoms with Crippen LogP contribution in [0.15, 0.2) is 91.0 Å². The van der Waals surface area contributed by atoms with Crippen molar-refractivity contribution in [2.24, 2.45) is 0 Å². The average Bonchev–Trinajstić information content (AvgIpc) is 2.86. The molecule has 0 radical (unpaired) electrons. The molecule has 2 N–H and O–H groups in total. The summed E-state index contributed by atoms with van der Waals surface area (Å²) in [5.74, 6) is -1.61. The number of amides is 2. The van der Waals surface area contributed by atoms with Gasteiger partial charge in [-0.1, -0.05) is 55.1 Å². The van der Waals surface area contributed by atoms with Gasteiger partial charge >= 0.3 is 0 Å². The van der Waals surface area contributed by atoms with E-state index in [4.69, 9.17) is 4.74 Å². The van der Waals surface area contributed by atoms with Crippen LogP contribution in [-0.4, -0.2) is 28.3 Å². The van der Waals surface area contributed by atoms with E-state index in [2.05, 4.69) is 17.2 Å². The Hall–Kier alpha value is -5.32. The minimum atomic E-state index is -0.973. The van der Waals surface area contributed by atoms with E-state index in [9.17, 15) is 29.8 Å². The van der Waals surface area contributed by atoms with Gasteiger partial charge in [0.25, 0.3) is 23.2 Å². The third-order valence-electron chi connectivity index (χ3n) is 4.76. The Morgan fingerprint density at radius 3 is 1.78 bits per heavy atom. The predicted molar refractivity (Wildman–Crippen MR) is 134 cm³/mol. The van der Waals surface area contributed by atoms with E-state index in [1.54, 1.807) is 24.3 Å². The van der Waals surface area contributed by atoms with Gasteiger partial charge < -0.3 is 15.4 Å². The first-order chi connectivity index (χ1) is 17.3. The number of nitrogens with one attached hydrogen (secondary N) is 2. The molecule has 182 valence electrons. The number of hydrogen-bond donors (Lipinski definition) is 2. The van der Waals surface area contributed by atoms with Gasteiger partial charge in [0.05, 0.1) is 9.85 Å². The normalized spacial score (nSPS) is 10.0. The van der Waals surface area contributed by atoms with Crippen molar-refractivity contribution in [3.63, 3.8) is 0 Å². The summed E-state index contributed by atoms with van der Waals surface area (Å²) in [6.45, 7) is 3.74. The number of nitro benzene ring substituents is 2. The molecule has 0 unspecified atom stereocenters. The molecule has 11 heteroatoms. The van der Waals surface area contributed by atoms with Gasteiger partial charge in [0, 0.05) is 17.7 Å². The molecule has 0 fully saturated rings. The number of benzene rings is 3. The van der Waals surface area contributed by atoms with Crippen molar-refractivity contribution in [2.75, 3.05) is 17.2 Å². The number of carbonyl (C=O) groups excluding carboxylic acids is 2. The molecular formula is C25H20N4O7. The number of nitro groups is 2. The summed E-state index contributed by atoms with van der Waals surface area (Å²) < 4.78 is 5.58. The minimum Gasteiger partial charge on any atom is -0.489 e. The number of carbonyl (C=O) groups is 2. The molecule has 0 spiro atoms. The molecule has 0 aliphatic rings. The summed E-state index contributed by atoms with van der Waals surface area (Å²) in [6.07, 6.45) is 2.75. The van der Waals surface area contributed by atoms with Crippen molar-refractivity contribution in [1.29, 1.82) is 0 Å². The lowest BCUT2D eigenvalue weighted by molar-refractivity contribution is -0.384. The second-order valence-corrected chi connectivity index (χ2v) is 7.15. The summed E-state index contributed by atoms with van der Waals surface area (Å²) in [5.41, 5.74) is -1.13. The number of hydrogen-bond acceptors (Lipinski definition) is 7. The van der Waals surface area contributed by atoms with Gasteiger partial charge in [0.15, 0.2) is 0 Å². The van der Waals surface area contributed by atoms with Gasteiger partial charge in [0.1, 0.15) is 29.3 Å². The monoisotopic (exact) mass is 488 g/mol. The molecule has 0 aliphatic carbocycles.